The molecule has 1 heteroatoms. The molecule has 0 aromatic heterocycles. The third kappa shape index (κ3) is 1.96. The van der Waals surface area contributed by atoms with Crippen molar-refractivity contribution in [3.8, 4) is 39.1 Å². The number of rotatable bonds is 2. The summed E-state index contributed by atoms with van der Waals surface area (Å²) in [5, 5.41) is 5.30. The number of ether oxygens (including phenoxy) is 1. The summed E-state index contributed by atoms with van der Waals surface area (Å²) < 4.78 is 5.39. The highest BCUT2D eigenvalue weighted by molar-refractivity contribution is 6.29. The average molecular weight is 358 g/mol. The fourth-order valence-electron chi connectivity index (χ4n) is 4.73. The minimum atomic E-state index is 0.881. The van der Waals surface area contributed by atoms with Crippen molar-refractivity contribution in [3.05, 3.63) is 91.0 Å². The molecule has 0 N–H and O–H groups in total. The maximum atomic E-state index is 5.39. The number of methoxy groups -OCH3 is 1. The average Bonchev–Trinajstić information content (AvgIpc) is 3.10. The van der Waals surface area contributed by atoms with Crippen LogP contribution in [0.2, 0.25) is 0 Å². The van der Waals surface area contributed by atoms with Crippen LogP contribution in [0.1, 0.15) is 0 Å². The summed E-state index contributed by atoms with van der Waals surface area (Å²) in [6.45, 7) is 0. The van der Waals surface area contributed by atoms with E-state index in [4.69, 9.17) is 4.74 Å². The van der Waals surface area contributed by atoms with Gasteiger partial charge in [-0.3, -0.25) is 0 Å². The molecule has 0 bridgehead atoms. The summed E-state index contributed by atoms with van der Waals surface area (Å²) in [4.78, 5) is 0. The Balaban J connectivity index is 1.85. The van der Waals surface area contributed by atoms with Gasteiger partial charge >= 0.3 is 0 Å². The third-order valence-corrected chi connectivity index (χ3v) is 5.92. The monoisotopic (exact) mass is 358 g/mol. The second-order valence-electron chi connectivity index (χ2n) is 7.30. The van der Waals surface area contributed by atoms with Gasteiger partial charge in [0.2, 0.25) is 0 Å². The van der Waals surface area contributed by atoms with Gasteiger partial charge in [-0.15, -0.1) is 0 Å². The Morgan fingerprint density at radius 3 is 1.93 bits per heavy atom. The Kier molecular flexibility index (Phi) is 3.15. The first-order valence-corrected chi connectivity index (χ1v) is 9.58. The largest absolute Gasteiger partial charge is 0.497 e. The van der Waals surface area contributed by atoms with Crippen molar-refractivity contribution < 1.29 is 4.74 Å². The Labute approximate surface area is 163 Å². The molecular formula is C27H18O. The van der Waals surface area contributed by atoms with Crippen molar-refractivity contribution in [3.63, 3.8) is 0 Å². The summed E-state index contributed by atoms with van der Waals surface area (Å²) in [5.74, 6) is 0.881. The zero-order valence-corrected chi connectivity index (χ0v) is 15.6. The lowest BCUT2D eigenvalue weighted by molar-refractivity contribution is 0.415. The van der Waals surface area contributed by atoms with Crippen LogP contribution in [0.25, 0.3) is 54.9 Å². The van der Waals surface area contributed by atoms with Crippen molar-refractivity contribution in [2.75, 3.05) is 7.11 Å². The van der Waals surface area contributed by atoms with Crippen LogP contribution in [0.5, 0.6) is 5.75 Å². The summed E-state index contributed by atoms with van der Waals surface area (Å²) in [6, 6.07) is 32.7. The van der Waals surface area contributed by atoms with Crippen LogP contribution in [0.15, 0.2) is 91.0 Å². The van der Waals surface area contributed by atoms with E-state index in [0.717, 1.165) is 5.75 Å². The lowest BCUT2D eigenvalue weighted by atomic mass is 9.87. The van der Waals surface area contributed by atoms with Gasteiger partial charge in [-0.25, -0.2) is 0 Å². The standard InChI is InChI=1S/C27H18O/c1-28-18-15-13-17(14-16-18)25-21-9-4-2-7-19(21)22-11-6-12-23-20-8-3-5-10-24(20)27(25)26(22)23/h2-16H,1H3. The fourth-order valence-corrected chi connectivity index (χ4v) is 4.73. The van der Waals surface area contributed by atoms with Crippen LogP contribution in [0, 0.1) is 0 Å². The number of hydrogen-bond acceptors (Lipinski definition) is 1. The molecular weight excluding hydrogens is 340 g/mol. The van der Waals surface area contributed by atoms with E-state index in [0.29, 0.717) is 0 Å². The van der Waals surface area contributed by atoms with Crippen LogP contribution in [0.3, 0.4) is 0 Å². The van der Waals surface area contributed by atoms with E-state index >= 15 is 0 Å². The van der Waals surface area contributed by atoms with Crippen molar-refractivity contribution >= 4 is 21.5 Å². The molecule has 1 nitrogen and oxygen atoms in total. The van der Waals surface area contributed by atoms with E-state index in [2.05, 4.69) is 78.9 Å². The number of hydrogen-bond donors (Lipinski definition) is 0. The Morgan fingerprint density at radius 2 is 1.14 bits per heavy atom. The zero-order chi connectivity index (χ0) is 18.7. The minimum absolute atomic E-state index is 0.881. The highest BCUT2D eigenvalue weighted by Gasteiger charge is 2.26. The summed E-state index contributed by atoms with van der Waals surface area (Å²) >= 11 is 0. The Hall–Kier alpha value is -3.58. The van der Waals surface area contributed by atoms with E-state index in [1.54, 1.807) is 7.11 Å². The van der Waals surface area contributed by atoms with Crippen LogP contribution in [-0.2, 0) is 0 Å². The first kappa shape index (κ1) is 15.5. The van der Waals surface area contributed by atoms with Gasteiger partial charge in [0.1, 0.15) is 5.75 Å². The molecule has 5 aromatic carbocycles. The topological polar surface area (TPSA) is 9.23 Å². The van der Waals surface area contributed by atoms with Crippen molar-refractivity contribution in [1.29, 1.82) is 0 Å². The van der Waals surface area contributed by atoms with Gasteiger partial charge in [0, 0.05) is 0 Å². The van der Waals surface area contributed by atoms with Crippen LogP contribution in [-0.4, -0.2) is 7.11 Å². The summed E-state index contributed by atoms with van der Waals surface area (Å²) in [5.41, 5.74) is 7.87. The third-order valence-electron chi connectivity index (χ3n) is 5.92. The predicted octanol–water partition coefficient (Wildman–Crippen LogP) is 7.32. The van der Waals surface area contributed by atoms with E-state index in [1.807, 2.05) is 12.1 Å². The maximum absolute atomic E-state index is 5.39. The van der Waals surface area contributed by atoms with Gasteiger partial charge in [0.15, 0.2) is 0 Å². The van der Waals surface area contributed by atoms with Crippen LogP contribution < -0.4 is 4.74 Å². The number of fused-ring (bicyclic) bond motifs is 5. The van der Waals surface area contributed by atoms with E-state index in [-0.39, 0.29) is 0 Å². The molecule has 1 aliphatic rings. The molecule has 1 aliphatic carbocycles. The van der Waals surface area contributed by atoms with Gasteiger partial charge in [0.05, 0.1) is 7.11 Å². The normalized spacial score (nSPS) is 11.8. The molecule has 6 rings (SSSR count). The van der Waals surface area contributed by atoms with Gasteiger partial charge in [0.25, 0.3) is 0 Å². The molecule has 0 saturated carbocycles. The smallest absolute Gasteiger partial charge is 0.118 e. The molecule has 0 saturated heterocycles. The fraction of sp³-hybridized carbons (Fsp3) is 0.0370. The molecule has 0 atom stereocenters. The molecule has 0 unspecified atom stereocenters. The van der Waals surface area contributed by atoms with Crippen molar-refractivity contribution in [2.45, 2.75) is 0 Å². The van der Waals surface area contributed by atoms with E-state index < -0.39 is 0 Å². The molecule has 132 valence electrons. The molecule has 0 heterocycles. The van der Waals surface area contributed by atoms with Gasteiger partial charge in [-0.05, 0) is 67.1 Å². The van der Waals surface area contributed by atoms with Crippen LogP contribution in [0.4, 0.5) is 0 Å². The first-order chi connectivity index (χ1) is 13.9. The first-order valence-electron chi connectivity index (χ1n) is 9.58. The van der Waals surface area contributed by atoms with Crippen molar-refractivity contribution in [2.24, 2.45) is 0 Å². The van der Waals surface area contributed by atoms with Crippen molar-refractivity contribution in [1.82, 2.24) is 0 Å². The quantitative estimate of drug-likeness (QED) is 0.295. The molecule has 0 radical (unpaired) electrons. The number of benzene rings is 5. The van der Waals surface area contributed by atoms with E-state index in [1.165, 1.54) is 54.9 Å². The molecule has 5 aromatic rings. The molecule has 0 spiro atoms. The molecule has 28 heavy (non-hydrogen) atoms. The second kappa shape index (κ2) is 5.71. The highest BCUT2D eigenvalue weighted by atomic mass is 16.5. The lowest BCUT2D eigenvalue weighted by Crippen LogP contribution is -1.89. The summed E-state index contributed by atoms with van der Waals surface area (Å²) in [7, 11) is 1.71. The van der Waals surface area contributed by atoms with Gasteiger partial charge < -0.3 is 4.74 Å². The summed E-state index contributed by atoms with van der Waals surface area (Å²) in [6.07, 6.45) is 0. The lowest BCUT2D eigenvalue weighted by Gasteiger charge is -2.16. The zero-order valence-electron chi connectivity index (χ0n) is 15.6. The van der Waals surface area contributed by atoms with Crippen LogP contribution >= 0.6 is 0 Å². The van der Waals surface area contributed by atoms with E-state index in [9.17, 15) is 0 Å². The Bertz CT molecular complexity index is 1380. The van der Waals surface area contributed by atoms with Gasteiger partial charge in [-0.1, -0.05) is 78.9 Å². The van der Waals surface area contributed by atoms with Gasteiger partial charge in [-0.2, -0.15) is 0 Å². The predicted molar refractivity (Wildman–Crippen MR) is 118 cm³/mol. The second-order valence-corrected chi connectivity index (χ2v) is 7.30. The molecule has 0 aliphatic heterocycles. The SMILES string of the molecule is COc1ccc(-c2c3c4c(cccc4c4ccccc24)-c2ccccc2-3)cc1. The minimum Gasteiger partial charge on any atom is -0.497 e. The Morgan fingerprint density at radius 1 is 0.500 bits per heavy atom. The maximum Gasteiger partial charge on any atom is 0.118 e. The highest BCUT2D eigenvalue weighted by Crippen LogP contribution is 2.54. The molecule has 0 amide bonds. The molecule has 0 fully saturated rings.